The van der Waals surface area contributed by atoms with E-state index in [1.165, 1.54) is 5.56 Å². The van der Waals surface area contributed by atoms with Crippen molar-refractivity contribution in [3.05, 3.63) is 34.9 Å². The number of aryl methyl sites for hydroxylation is 2. The van der Waals surface area contributed by atoms with Crippen LogP contribution in [0.25, 0.3) is 0 Å². The van der Waals surface area contributed by atoms with Crippen LogP contribution in [0.15, 0.2) is 12.1 Å². The highest BCUT2D eigenvalue weighted by Crippen LogP contribution is 2.06. The first kappa shape index (κ1) is 7.29. The van der Waals surface area contributed by atoms with Gasteiger partial charge in [-0.1, -0.05) is 17.7 Å². The average molecular weight is 135 g/mol. The van der Waals surface area contributed by atoms with Crippen molar-refractivity contribution in [3.63, 3.8) is 0 Å². The van der Waals surface area contributed by atoms with Crippen molar-refractivity contribution in [2.75, 3.05) is 0 Å². The van der Waals surface area contributed by atoms with Crippen molar-refractivity contribution in [2.45, 2.75) is 20.5 Å². The van der Waals surface area contributed by atoms with E-state index in [1.807, 2.05) is 26.0 Å². The van der Waals surface area contributed by atoms with Crippen molar-refractivity contribution in [1.29, 1.82) is 0 Å². The van der Waals surface area contributed by atoms with Gasteiger partial charge in [0.15, 0.2) is 0 Å². The molecule has 0 amide bonds. The molecule has 0 aliphatic heterocycles. The zero-order chi connectivity index (χ0) is 7.56. The summed E-state index contributed by atoms with van der Waals surface area (Å²) in [6, 6.07) is 7.03. The molecule has 1 aromatic rings. The van der Waals surface area contributed by atoms with E-state index in [1.54, 1.807) is 0 Å². The molecule has 1 radical (unpaired) electrons. The zero-order valence-corrected chi connectivity index (χ0v) is 6.31. The Kier molecular flexibility index (Phi) is 2.07. The van der Waals surface area contributed by atoms with Gasteiger partial charge < -0.3 is 5.11 Å². The highest BCUT2D eigenvalue weighted by molar-refractivity contribution is 5.26. The SMILES string of the molecule is Cc1[c]c(CO)cc(C)c1. The predicted molar refractivity (Wildman–Crippen MR) is 40.7 cm³/mol. The Labute approximate surface area is 61.3 Å². The van der Waals surface area contributed by atoms with Crippen molar-refractivity contribution in [2.24, 2.45) is 0 Å². The van der Waals surface area contributed by atoms with Crippen LogP contribution in [0.3, 0.4) is 0 Å². The normalized spacial score (nSPS) is 9.90. The largest absolute Gasteiger partial charge is 0.392 e. The van der Waals surface area contributed by atoms with E-state index >= 15 is 0 Å². The Balaban J connectivity index is 3.06. The molecular formula is C9H11O. The van der Waals surface area contributed by atoms with Crippen molar-refractivity contribution in [3.8, 4) is 0 Å². The monoisotopic (exact) mass is 135 g/mol. The van der Waals surface area contributed by atoms with Crippen LogP contribution in [0.1, 0.15) is 16.7 Å². The molecule has 0 bridgehead atoms. The van der Waals surface area contributed by atoms with E-state index < -0.39 is 0 Å². The lowest BCUT2D eigenvalue weighted by Gasteiger charge is -1.99. The van der Waals surface area contributed by atoms with Crippen LogP contribution in [-0.2, 0) is 6.61 Å². The van der Waals surface area contributed by atoms with E-state index in [9.17, 15) is 0 Å². The summed E-state index contributed by atoms with van der Waals surface area (Å²) in [7, 11) is 0. The van der Waals surface area contributed by atoms with Gasteiger partial charge in [-0.15, -0.1) is 0 Å². The number of rotatable bonds is 1. The number of benzene rings is 1. The molecule has 1 nitrogen and oxygen atoms in total. The maximum Gasteiger partial charge on any atom is 0.0688 e. The number of hydrogen-bond donors (Lipinski definition) is 1. The minimum Gasteiger partial charge on any atom is -0.392 e. The first-order valence-electron chi connectivity index (χ1n) is 3.32. The lowest BCUT2D eigenvalue weighted by Crippen LogP contribution is -1.86. The Bertz CT molecular complexity index is 208. The fourth-order valence-electron chi connectivity index (χ4n) is 1.07. The molecule has 0 aromatic heterocycles. The fraction of sp³-hybridized carbons (Fsp3) is 0.333. The van der Waals surface area contributed by atoms with E-state index in [2.05, 4.69) is 6.07 Å². The van der Waals surface area contributed by atoms with Gasteiger partial charge in [0.25, 0.3) is 0 Å². The maximum absolute atomic E-state index is 8.76. The topological polar surface area (TPSA) is 20.2 Å². The minimum atomic E-state index is 0.0858. The van der Waals surface area contributed by atoms with Crippen molar-refractivity contribution >= 4 is 0 Å². The highest BCUT2D eigenvalue weighted by atomic mass is 16.3. The second-order valence-electron chi connectivity index (χ2n) is 2.52. The smallest absolute Gasteiger partial charge is 0.0688 e. The van der Waals surface area contributed by atoms with Crippen molar-refractivity contribution < 1.29 is 5.11 Å². The van der Waals surface area contributed by atoms with Gasteiger partial charge in [-0.25, -0.2) is 0 Å². The summed E-state index contributed by atoms with van der Waals surface area (Å²) < 4.78 is 0. The van der Waals surface area contributed by atoms with E-state index in [0.29, 0.717) is 0 Å². The molecule has 0 heterocycles. The van der Waals surface area contributed by atoms with Crippen LogP contribution in [0.4, 0.5) is 0 Å². The molecule has 0 aliphatic rings. The summed E-state index contributed by atoms with van der Waals surface area (Å²) in [4.78, 5) is 0. The van der Waals surface area contributed by atoms with Gasteiger partial charge in [-0.2, -0.15) is 0 Å². The quantitative estimate of drug-likeness (QED) is 0.620. The number of hydrogen-bond acceptors (Lipinski definition) is 1. The zero-order valence-electron chi connectivity index (χ0n) is 6.31. The molecule has 10 heavy (non-hydrogen) atoms. The van der Waals surface area contributed by atoms with Crippen molar-refractivity contribution in [1.82, 2.24) is 0 Å². The molecule has 0 spiro atoms. The first-order chi connectivity index (χ1) is 4.72. The third kappa shape index (κ3) is 1.58. The Morgan fingerprint density at radius 1 is 1.40 bits per heavy atom. The molecule has 0 saturated carbocycles. The average Bonchev–Trinajstić information content (AvgIpc) is 1.85. The van der Waals surface area contributed by atoms with E-state index in [0.717, 1.165) is 11.1 Å². The second-order valence-corrected chi connectivity index (χ2v) is 2.52. The van der Waals surface area contributed by atoms with Crippen LogP contribution < -0.4 is 0 Å². The summed E-state index contributed by atoms with van der Waals surface area (Å²) in [5, 5.41) is 8.76. The minimum absolute atomic E-state index is 0.0858. The number of aliphatic hydroxyl groups excluding tert-OH is 1. The summed E-state index contributed by atoms with van der Waals surface area (Å²) in [6.45, 7) is 4.08. The van der Waals surface area contributed by atoms with Crippen LogP contribution in [0.2, 0.25) is 0 Å². The van der Waals surface area contributed by atoms with Gasteiger partial charge in [0.1, 0.15) is 0 Å². The van der Waals surface area contributed by atoms with E-state index in [-0.39, 0.29) is 6.61 Å². The molecule has 1 N–H and O–H groups in total. The summed E-state index contributed by atoms with van der Waals surface area (Å²) in [5.74, 6) is 0. The molecule has 0 atom stereocenters. The van der Waals surface area contributed by atoms with Gasteiger partial charge >= 0.3 is 0 Å². The summed E-state index contributed by atoms with van der Waals surface area (Å²) >= 11 is 0. The van der Waals surface area contributed by atoms with Crippen LogP contribution >= 0.6 is 0 Å². The third-order valence-corrected chi connectivity index (χ3v) is 1.37. The molecule has 0 aliphatic carbocycles. The van der Waals surface area contributed by atoms with Gasteiger partial charge in [0.2, 0.25) is 0 Å². The first-order valence-corrected chi connectivity index (χ1v) is 3.32. The van der Waals surface area contributed by atoms with Crippen LogP contribution in [0, 0.1) is 19.9 Å². The lowest BCUT2D eigenvalue weighted by molar-refractivity contribution is 0.281. The third-order valence-electron chi connectivity index (χ3n) is 1.37. The molecule has 0 saturated heterocycles. The Morgan fingerprint density at radius 2 is 2.10 bits per heavy atom. The fourth-order valence-corrected chi connectivity index (χ4v) is 1.07. The molecule has 0 fully saturated rings. The van der Waals surface area contributed by atoms with E-state index in [4.69, 9.17) is 5.11 Å². The predicted octanol–water partition coefficient (Wildman–Crippen LogP) is 1.60. The molecule has 1 heteroatoms. The molecule has 53 valence electrons. The second kappa shape index (κ2) is 2.84. The Hall–Kier alpha value is -0.820. The lowest BCUT2D eigenvalue weighted by atomic mass is 10.1. The number of aliphatic hydroxyl groups is 1. The highest BCUT2D eigenvalue weighted by Gasteiger charge is 1.92. The molecule has 0 unspecified atom stereocenters. The Morgan fingerprint density at radius 3 is 2.60 bits per heavy atom. The van der Waals surface area contributed by atoms with Crippen LogP contribution in [0.5, 0.6) is 0 Å². The summed E-state index contributed by atoms with van der Waals surface area (Å²) in [6.07, 6.45) is 0. The molecule has 1 rings (SSSR count). The summed E-state index contributed by atoms with van der Waals surface area (Å²) in [5.41, 5.74) is 3.14. The molecular weight excluding hydrogens is 124 g/mol. The van der Waals surface area contributed by atoms with Crippen LogP contribution in [-0.4, -0.2) is 5.11 Å². The molecule has 1 aromatic carbocycles. The van der Waals surface area contributed by atoms with Gasteiger partial charge in [-0.05, 0) is 31.0 Å². The van der Waals surface area contributed by atoms with Gasteiger partial charge in [0.05, 0.1) is 6.61 Å². The van der Waals surface area contributed by atoms with Gasteiger partial charge in [0, 0.05) is 0 Å². The maximum atomic E-state index is 8.76. The standard InChI is InChI=1S/C9H11O/c1-7-3-8(2)5-9(4-7)6-10/h3-4,10H,6H2,1-2H3. The van der Waals surface area contributed by atoms with Gasteiger partial charge in [-0.3, -0.25) is 0 Å².